The highest BCUT2D eigenvalue weighted by molar-refractivity contribution is 6.13. The molecule has 0 spiro atoms. The second kappa shape index (κ2) is 10.7. The van der Waals surface area contributed by atoms with Crippen molar-refractivity contribution in [1.82, 2.24) is 15.1 Å². The molecule has 1 atom stereocenters. The molecule has 1 saturated heterocycles. The number of carbonyl (C=O) groups is 3. The number of hydrogen-bond acceptors (Lipinski definition) is 4. The lowest BCUT2D eigenvalue weighted by Crippen LogP contribution is -2.49. The minimum absolute atomic E-state index is 0.0287. The van der Waals surface area contributed by atoms with E-state index in [1.807, 2.05) is 65.6 Å². The molecule has 1 saturated carbocycles. The number of benzene rings is 2. The molecule has 2 aliphatic heterocycles. The molecular weight excluding hydrogens is 452 g/mol. The Kier molecular flexibility index (Phi) is 7.18. The summed E-state index contributed by atoms with van der Waals surface area (Å²) >= 11 is 0. The monoisotopic (exact) mass is 486 g/mol. The third-order valence-corrected chi connectivity index (χ3v) is 7.72. The quantitative estimate of drug-likeness (QED) is 0.655. The highest BCUT2D eigenvalue weighted by Crippen LogP contribution is 2.34. The van der Waals surface area contributed by atoms with E-state index in [4.69, 9.17) is 5.73 Å². The Labute approximate surface area is 212 Å². The number of carbonyl (C=O) groups excluding carboxylic acids is 3. The normalized spacial score (nSPS) is 23.6. The molecule has 2 heterocycles. The van der Waals surface area contributed by atoms with E-state index in [0.29, 0.717) is 5.56 Å². The predicted molar refractivity (Wildman–Crippen MR) is 139 cm³/mol. The highest BCUT2D eigenvalue weighted by Gasteiger charge is 2.35. The van der Waals surface area contributed by atoms with Gasteiger partial charge in [0.05, 0.1) is 11.7 Å². The number of amides is 3. The van der Waals surface area contributed by atoms with Gasteiger partial charge in [-0.25, -0.2) is 0 Å². The Morgan fingerprint density at radius 1 is 0.944 bits per heavy atom. The largest absolute Gasteiger partial charge is 0.352 e. The highest BCUT2D eigenvalue weighted by atomic mass is 16.2. The number of hydrogen-bond donors (Lipinski definition) is 2. The van der Waals surface area contributed by atoms with Gasteiger partial charge in [0.2, 0.25) is 11.8 Å². The fourth-order valence-corrected chi connectivity index (χ4v) is 5.70. The molecule has 0 bridgehead atoms. The van der Waals surface area contributed by atoms with Crippen LogP contribution in [0.2, 0.25) is 0 Å². The lowest BCUT2D eigenvalue weighted by atomic mass is 9.81. The first-order valence-corrected chi connectivity index (χ1v) is 13.0. The Morgan fingerprint density at radius 2 is 1.58 bits per heavy atom. The summed E-state index contributed by atoms with van der Waals surface area (Å²) in [5.41, 5.74) is 9.51. The van der Waals surface area contributed by atoms with Crippen LogP contribution in [-0.4, -0.2) is 59.2 Å². The predicted octanol–water partition coefficient (Wildman–Crippen LogP) is 3.27. The van der Waals surface area contributed by atoms with Crippen molar-refractivity contribution < 1.29 is 14.4 Å². The Morgan fingerprint density at radius 3 is 2.28 bits per heavy atom. The Balaban J connectivity index is 1.20. The second-order valence-electron chi connectivity index (χ2n) is 10.1. The maximum Gasteiger partial charge on any atom is 0.259 e. The molecule has 3 aliphatic rings. The fourth-order valence-electron chi connectivity index (χ4n) is 5.70. The van der Waals surface area contributed by atoms with Crippen LogP contribution in [0, 0.1) is 5.92 Å². The SMILES string of the molecule is NC(C(=O)N1CCCC1)C1CCC(NC(=O)CN2C(=O)c3ccccc3C2=Cc2ccccc2)CC1. The van der Waals surface area contributed by atoms with E-state index >= 15 is 0 Å². The van der Waals surface area contributed by atoms with Crippen molar-refractivity contribution in [2.75, 3.05) is 19.6 Å². The smallest absolute Gasteiger partial charge is 0.259 e. The van der Waals surface area contributed by atoms with E-state index in [1.54, 1.807) is 4.90 Å². The van der Waals surface area contributed by atoms with Crippen molar-refractivity contribution in [1.29, 1.82) is 0 Å². The van der Waals surface area contributed by atoms with E-state index in [-0.39, 0.29) is 36.2 Å². The van der Waals surface area contributed by atoms with Gasteiger partial charge in [0.25, 0.3) is 5.91 Å². The third-order valence-electron chi connectivity index (χ3n) is 7.72. The van der Waals surface area contributed by atoms with Crippen molar-refractivity contribution in [2.24, 2.45) is 11.7 Å². The zero-order valence-electron chi connectivity index (χ0n) is 20.6. The van der Waals surface area contributed by atoms with E-state index < -0.39 is 6.04 Å². The Hall–Kier alpha value is -3.45. The number of nitrogens with two attached hydrogens (primary N) is 1. The molecule has 1 unspecified atom stereocenters. The molecule has 0 radical (unpaired) electrons. The zero-order chi connectivity index (χ0) is 25.1. The molecular formula is C29H34N4O3. The van der Waals surface area contributed by atoms with Crippen LogP contribution in [0.4, 0.5) is 0 Å². The summed E-state index contributed by atoms with van der Waals surface area (Å²) in [6.45, 7) is 1.61. The molecule has 36 heavy (non-hydrogen) atoms. The number of likely N-dealkylation sites (tertiary alicyclic amines) is 1. The molecule has 7 nitrogen and oxygen atoms in total. The van der Waals surface area contributed by atoms with E-state index in [9.17, 15) is 14.4 Å². The van der Waals surface area contributed by atoms with Crippen LogP contribution in [0.25, 0.3) is 11.8 Å². The average Bonchev–Trinajstić information content (AvgIpc) is 3.53. The summed E-state index contributed by atoms with van der Waals surface area (Å²) in [4.78, 5) is 42.4. The van der Waals surface area contributed by atoms with Crippen LogP contribution in [0.15, 0.2) is 54.6 Å². The van der Waals surface area contributed by atoms with Gasteiger partial charge in [0.15, 0.2) is 0 Å². The maximum atomic E-state index is 13.2. The molecule has 5 rings (SSSR count). The lowest BCUT2D eigenvalue weighted by Gasteiger charge is -2.33. The van der Waals surface area contributed by atoms with Crippen LogP contribution in [0.3, 0.4) is 0 Å². The first-order valence-electron chi connectivity index (χ1n) is 13.0. The zero-order valence-corrected chi connectivity index (χ0v) is 20.6. The summed E-state index contributed by atoms with van der Waals surface area (Å²) in [5, 5.41) is 3.13. The Bertz CT molecular complexity index is 1150. The summed E-state index contributed by atoms with van der Waals surface area (Å²) in [6, 6.07) is 16.9. The van der Waals surface area contributed by atoms with Gasteiger partial charge in [-0.3, -0.25) is 19.3 Å². The van der Waals surface area contributed by atoms with Gasteiger partial charge >= 0.3 is 0 Å². The van der Waals surface area contributed by atoms with Crippen molar-refractivity contribution >= 4 is 29.5 Å². The van der Waals surface area contributed by atoms with Gasteiger partial charge in [-0.2, -0.15) is 0 Å². The van der Waals surface area contributed by atoms with Gasteiger partial charge in [0.1, 0.15) is 6.54 Å². The lowest BCUT2D eigenvalue weighted by molar-refractivity contribution is -0.133. The molecule has 3 N–H and O–H groups in total. The van der Waals surface area contributed by atoms with Gasteiger partial charge in [-0.15, -0.1) is 0 Å². The van der Waals surface area contributed by atoms with Crippen molar-refractivity contribution in [3.63, 3.8) is 0 Å². The van der Waals surface area contributed by atoms with E-state index in [2.05, 4.69) is 5.32 Å². The minimum Gasteiger partial charge on any atom is -0.352 e. The van der Waals surface area contributed by atoms with E-state index in [0.717, 1.165) is 68.4 Å². The summed E-state index contributed by atoms with van der Waals surface area (Å²) in [5.74, 6) is -0.0970. The molecule has 0 aromatic heterocycles. The van der Waals surface area contributed by atoms with Crippen LogP contribution < -0.4 is 11.1 Å². The second-order valence-corrected chi connectivity index (χ2v) is 10.1. The molecule has 188 valence electrons. The molecule has 2 aromatic rings. The summed E-state index contributed by atoms with van der Waals surface area (Å²) in [6.07, 6.45) is 7.30. The third kappa shape index (κ3) is 5.07. The van der Waals surface area contributed by atoms with Crippen LogP contribution in [0.5, 0.6) is 0 Å². The number of nitrogens with one attached hydrogen (secondary N) is 1. The average molecular weight is 487 g/mol. The fraction of sp³-hybridized carbons (Fsp3) is 0.414. The minimum atomic E-state index is -0.453. The first-order chi connectivity index (χ1) is 17.5. The topological polar surface area (TPSA) is 95.7 Å². The van der Waals surface area contributed by atoms with Crippen LogP contribution >= 0.6 is 0 Å². The first kappa shape index (κ1) is 24.3. The van der Waals surface area contributed by atoms with Crippen LogP contribution in [-0.2, 0) is 9.59 Å². The number of fused-ring (bicyclic) bond motifs is 1. The molecule has 2 aromatic carbocycles. The van der Waals surface area contributed by atoms with Gasteiger partial charge in [-0.05, 0) is 62.1 Å². The van der Waals surface area contributed by atoms with Crippen molar-refractivity contribution in [2.45, 2.75) is 50.6 Å². The maximum absolute atomic E-state index is 13.2. The van der Waals surface area contributed by atoms with Crippen molar-refractivity contribution in [3.05, 3.63) is 71.3 Å². The van der Waals surface area contributed by atoms with E-state index in [1.165, 1.54) is 0 Å². The van der Waals surface area contributed by atoms with Crippen LogP contribution in [0.1, 0.15) is 60.0 Å². The standard InChI is InChI=1S/C29H34N4O3/c30-27(29(36)32-16-6-7-17-32)21-12-14-22(15-13-21)31-26(34)19-33-25(18-20-8-2-1-3-9-20)23-10-4-5-11-24(23)28(33)35/h1-5,8-11,18,21-22,27H,6-7,12-17,19,30H2,(H,31,34). The van der Waals surface area contributed by atoms with Gasteiger partial charge in [0, 0.05) is 30.3 Å². The van der Waals surface area contributed by atoms with Gasteiger partial charge in [-0.1, -0.05) is 48.5 Å². The molecule has 1 aliphatic carbocycles. The summed E-state index contributed by atoms with van der Waals surface area (Å²) < 4.78 is 0. The molecule has 7 heteroatoms. The van der Waals surface area contributed by atoms with Gasteiger partial charge < -0.3 is 16.0 Å². The number of rotatable bonds is 6. The molecule has 2 fully saturated rings. The van der Waals surface area contributed by atoms with Crippen molar-refractivity contribution in [3.8, 4) is 0 Å². The number of nitrogens with zero attached hydrogens (tertiary/aromatic N) is 2. The molecule has 3 amide bonds. The summed E-state index contributed by atoms with van der Waals surface area (Å²) in [7, 11) is 0.